The average Bonchev–Trinajstić information content (AvgIpc) is 3.35. The van der Waals surface area contributed by atoms with Crippen LogP contribution in [0.2, 0.25) is 0 Å². The summed E-state index contributed by atoms with van der Waals surface area (Å²) >= 11 is 0. The maximum Gasteiger partial charge on any atom is 0.130 e. The zero-order chi connectivity index (χ0) is 51.1. The third kappa shape index (κ3) is 10.7. The number of hydrogen-bond donors (Lipinski definition) is 0. The summed E-state index contributed by atoms with van der Waals surface area (Å²) in [6.07, 6.45) is 2.37. The fourth-order valence-corrected chi connectivity index (χ4v) is 11.0. The second-order valence-electron chi connectivity index (χ2n) is 23.7. The van der Waals surface area contributed by atoms with Gasteiger partial charge in [-0.2, -0.15) is 0 Å². The van der Waals surface area contributed by atoms with E-state index >= 15 is 0 Å². The molecule has 4 nitrogen and oxygen atoms in total. The normalized spacial score (nSPS) is 14.2. The van der Waals surface area contributed by atoms with Crippen LogP contribution in [0.3, 0.4) is 0 Å². The van der Waals surface area contributed by atoms with E-state index in [4.69, 9.17) is 18.9 Å². The fourth-order valence-electron chi connectivity index (χ4n) is 11.0. The minimum absolute atomic E-state index is 0.113. The lowest BCUT2D eigenvalue weighted by molar-refractivity contribution is 0.0945. The van der Waals surface area contributed by atoms with Gasteiger partial charge in [0.25, 0.3) is 0 Å². The summed E-state index contributed by atoms with van der Waals surface area (Å²) in [7, 11) is 0. The van der Waals surface area contributed by atoms with Crippen LogP contribution in [0.4, 0.5) is 0 Å². The molecule has 1 aliphatic rings. The van der Waals surface area contributed by atoms with Crippen LogP contribution in [0, 0.1) is 0 Å². The Bertz CT molecular complexity index is 3160. The third-order valence-electron chi connectivity index (χ3n) is 15.2. The molecule has 0 atom stereocenters. The van der Waals surface area contributed by atoms with Crippen LogP contribution >= 0.6 is 0 Å². The number of fused-ring (bicyclic) bond motifs is 10. The molecule has 0 spiro atoms. The molecule has 9 aromatic rings. The smallest absolute Gasteiger partial charge is 0.130 e. The predicted octanol–water partition coefficient (Wildman–Crippen LogP) is 17.6. The Balaban J connectivity index is 1.20. The van der Waals surface area contributed by atoms with Gasteiger partial charge in [-0.25, -0.2) is 0 Å². The Kier molecular flexibility index (Phi) is 14.1. The van der Waals surface area contributed by atoms with Crippen LogP contribution in [0.15, 0.2) is 146 Å². The minimum Gasteiger partial charge on any atom is -0.493 e. The molecule has 1 aliphatic heterocycles. The van der Waals surface area contributed by atoms with E-state index in [1.165, 1.54) is 104 Å². The molecule has 73 heavy (non-hydrogen) atoms. The molecule has 9 aromatic carbocycles. The van der Waals surface area contributed by atoms with E-state index in [9.17, 15) is 0 Å². The third-order valence-corrected chi connectivity index (χ3v) is 15.2. The van der Waals surface area contributed by atoms with Crippen molar-refractivity contribution in [2.24, 2.45) is 0 Å². The number of rotatable bonds is 7. The SMILES string of the molecule is CCCOc1c2cc(C(C)(C)C)cc1COCc1cc(C(C)(C)C)cc(c1Cc1c3ccccc3cc3ccccc13)COCc1cc(C(C)(C)C)cc(c1Cc1c3ccccc3cc3ccccc13)COC2. The highest BCUT2D eigenvalue weighted by Gasteiger charge is 2.26. The number of benzene rings is 9. The first kappa shape index (κ1) is 50.2. The molecule has 374 valence electrons. The first-order chi connectivity index (χ1) is 35.0. The van der Waals surface area contributed by atoms with Crippen molar-refractivity contribution >= 4 is 43.1 Å². The molecule has 0 aliphatic carbocycles. The Labute approximate surface area is 434 Å². The highest BCUT2D eigenvalue weighted by atomic mass is 16.5. The highest BCUT2D eigenvalue weighted by Crippen LogP contribution is 2.39. The van der Waals surface area contributed by atoms with Gasteiger partial charge in [-0.15, -0.1) is 0 Å². The number of hydrogen-bond acceptors (Lipinski definition) is 4. The van der Waals surface area contributed by atoms with Gasteiger partial charge in [0.2, 0.25) is 0 Å². The standard InChI is InChI=1S/C69H74O4/c1-11-28-73-66-53-35-57(69(8,9)10)36-54(66)44-72-42-52-34-56(68(5,6)7)32-50(63(52)38-65-60-26-18-14-22-47(60)30-48-23-15-19-27-61(48)65)40-70-39-49-31-55(67(2,3)4)33-51(41-71-43-53)62(49)37-64-58-24-16-12-20-45(58)29-46-21-13-17-25-59(46)64/h12-27,29-36H,11,28,37-44H2,1-10H3. The molecular formula is C69H74O4. The van der Waals surface area contributed by atoms with Gasteiger partial charge in [-0.1, -0.05) is 191 Å². The Morgan fingerprint density at radius 2 is 0.630 bits per heavy atom. The summed E-state index contributed by atoms with van der Waals surface area (Å²) in [5.41, 5.74) is 15.5. The zero-order valence-corrected chi connectivity index (χ0v) is 45.1. The lowest BCUT2D eigenvalue weighted by atomic mass is 9.81. The molecule has 0 N–H and O–H groups in total. The first-order valence-electron chi connectivity index (χ1n) is 26.6. The average molecular weight is 967 g/mol. The Hall–Kier alpha value is -6.30. The molecule has 10 rings (SSSR count). The van der Waals surface area contributed by atoms with Gasteiger partial charge >= 0.3 is 0 Å². The second-order valence-corrected chi connectivity index (χ2v) is 23.7. The van der Waals surface area contributed by atoms with Crippen LogP contribution in [0.25, 0.3) is 43.1 Å². The summed E-state index contributed by atoms with van der Waals surface area (Å²) in [4.78, 5) is 0. The van der Waals surface area contributed by atoms with Gasteiger partial charge in [0.15, 0.2) is 0 Å². The second kappa shape index (κ2) is 20.5. The molecule has 4 heteroatoms. The fraction of sp³-hybridized carbons (Fsp3) is 0.333. The van der Waals surface area contributed by atoms with Crippen LogP contribution < -0.4 is 4.74 Å². The van der Waals surface area contributed by atoms with Crippen molar-refractivity contribution in [3.63, 3.8) is 0 Å². The molecule has 0 aromatic heterocycles. The van der Waals surface area contributed by atoms with Crippen molar-refractivity contribution < 1.29 is 18.9 Å². The van der Waals surface area contributed by atoms with Crippen molar-refractivity contribution in [3.8, 4) is 5.75 Å². The topological polar surface area (TPSA) is 36.9 Å². The molecule has 6 bridgehead atoms. The maximum absolute atomic E-state index is 7.23. The van der Waals surface area contributed by atoms with E-state index in [-0.39, 0.29) is 16.2 Å². The lowest BCUT2D eigenvalue weighted by Gasteiger charge is -2.27. The molecule has 0 unspecified atom stereocenters. The van der Waals surface area contributed by atoms with Gasteiger partial charge in [-0.3, -0.25) is 0 Å². The Morgan fingerprint density at radius 3 is 0.918 bits per heavy atom. The summed E-state index contributed by atoms with van der Waals surface area (Å²) in [6, 6.07) is 54.4. The van der Waals surface area contributed by atoms with Crippen molar-refractivity contribution in [1.82, 2.24) is 0 Å². The van der Waals surface area contributed by atoms with Crippen molar-refractivity contribution in [3.05, 3.63) is 218 Å². The predicted molar refractivity (Wildman–Crippen MR) is 305 cm³/mol. The van der Waals surface area contributed by atoms with Gasteiger partial charge in [-0.05, 0) is 164 Å². The van der Waals surface area contributed by atoms with Crippen LogP contribution in [0.5, 0.6) is 5.75 Å². The monoisotopic (exact) mass is 967 g/mol. The van der Waals surface area contributed by atoms with Crippen molar-refractivity contribution in [2.45, 2.75) is 144 Å². The highest BCUT2D eigenvalue weighted by molar-refractivity contribution is 6.03. The summed E-state index contributed by atoms with van der Waals surface area (Å²) in [6.45, 7) is 26.1. The summed E-state index contributed by atoms with van der Waals surface area (Å²) < 4.78 is 28.0. The van der Waals surface area contributed by atoms with E-state index < -0.39 is 0 Å². The largest absolute Gasteiger partial charge is 0.493 e. The maximum atomic E-state index is 7.23. The molecule has 1 heterocycles. The quantitative estimate of drug-likeness (QED) is 0.149. The Morgan fingerprint density at radius 1 is 0.356 bits per heavy atom. The minimum atomic E-state index is -0.118. The van der Waals surface area contributed by atoms with Gasteiger partial charge in [0, 0.05) is 11.1 Å². The van der Waals surface area contributed by atoms with E-state index in [1.54, 1.807) is 0 Å². The van der Waals surface area contributed by atoms with E-state index in [0.29, 0.717) is 46.2 Å². The van der Waals surface area contributed by atoms with Gasteiger partial charge in [0.05, 0.1) is 46.2 Å². The van der Waals surface area contributed by atoms with E-state index in [0.717, 1.165) is 36.1 Å². The van der Waals surface area contributed by atoms with Crippen LogP contribution in [0.1, 0.15) is 148 Å². The van der Waals surface area contributed by atoms with Crippen molar-refractivity contribution in [1.29, 1.82) is 0 Å². The zero-order valence-electron chi connectivity index (χ0n) is 45.1. The van der Waals surface area contributed by atoms with Crippen molar-refractivity contribution in [2.75, 3.05) is 6.61 Å². The molecule has 0 saturated heterocycles. The van der Waals surface area contributed by atoms with Crippen LogP contribution in [-0.2, 0) is 82.9 Å². The molecular weight excluding hydrogens is 893 g/mol. The molecule has 0 fully saturated rings. The molecule has 0 radical (unpaired) electrons. The summed E-state index contributed by atoms with van der Waals surface area (Å²) in [5, 5.41) is 10.1. The lowest BCUT2D eigenvalue weighted by Crippen LogP contribution is -2.17. The van der Waals surface area contributed by atoms with Gasteiger partial charge in [0.1, 0.15) is 5.75 Å². The molecule has 0 saturated carbocycles. The van der Waals surface area contributed by atoms with Gasteiger partial charge < -0.3 is 18.9 Å². The van der Waals surface area contributed by atoms with E-state index in [1.807, 2.05) is 0 Å². The van der Waals surface area contributed by atoms with E-state index in [2.05, 4.69) is 215 Å². The first-order valence-corrected chi connectivity index (χ1v) is 26.6. The molecule has 0 amide bonds. The summed E-state index contributed by atoms with van der Waals surface area (Å²) in [5.74, 6) is 0.877. The van der Waals surface area contributed by atoms with Crippen LogP contribution in [-0.4, -0.2) is 6.61 Å². The number of ether oxygens (including phenoxy) is 4.